The third-order valence-electron chi connectivity index (χ3n) is 2.85. The Kier molecular flexibility index (Phi) is 3.93. The Morgan fingerprint density at radius 2 is 2.00 bits per heavy atom. The lowest BCUT2D eigenvalue weighted by molar-refractivity contribution is -0.139. The van der Waals surface area contributed by atoms with Gasteiger partial charge in [0, 0.05) is 0 Å². The van der Waals surface area contributed by atoms with Crippen molar-refractivity contribution in [3.63, 3.8) is 0 Å². The second kappa shape index (κ2) is 5.01. The highest BCUT2D eigenvalue weighted by Crippen LogP contribution is 2.33. The van der Waals surface area contributed by atoms with Crippen molar-refractivity contribution in [2.24, 2.45) is 0 Å². The van der Waals surface area contributed by atoms with E-state index in [1.54, 1.807) is 0 Å². The van der Waals surface area contributed by atoms with E-state index in [9.17, 15) is 4.79 Å². The van der Waals surface area contributed by atoms with Crippen LogP contribution >= 0.6 is 0 Å². The molecule has 0 aliphatic heterocycles. The average molecular weight is 222 g/mol. The number of aliphatic carboxylic acids is 1. The quantitative estimate of drug-likeness (QED) is 0.833. The molecule has 0 atom stereocenters. The van der Waals surface area contributed by atoms with Crippen LogP contribution in [0.4, 0.5) is 0 Å². The Morgan fingerprint density at radius 1 is 1.38 bits per heavy atom. The maximum Gasteiger partial charge on any atom is 0.341 e. The first-order valence-corrected chi connectivity index (χ1v) is 5.41. The van der Waals surface area contributed by atoms with Gasteiger partial charge in [-0.3, -0.25) is 0 Å². The fourth-order valence-electron chi connectivity index (χ4n) is 1.48. The Balaban J connectivity index is 2.96. The number of para-hydroxylation sites is 1. The lowest BCUT2D eigenvalue weighted by Gasteiger charge is -2.25. The van der Waals surface area contributed by atoms with E-state index >= 15 is 0 Å². The Bertz CT molecular complexity index is 369. The van der Waals surface area contributed by atoms with Crippen molar-refractivity contribution in [1.82, 2.24) is 0 Å². The lowest BCUT2D eigenvalue weighted by atomic mass is 9.82. The molecule has 0 aromatic heterocycles. The summed E-state index contributed by atoms with van der Waals surface area (Å²) in [7, 11) is 0. The molecule has 0 aliphatic carbocycles. The summed E-state index contributed by atoms with van der Waals surface area (Å²) in [4.78, 5) is 10.5. The number of hydrogen-bond acceptors (Lipinski definition) is 2. The molecule has 0 saturated carbocycles. The highest BCUT2D eigenvalue weighted by atomic mass is 16.5. The molecule has 0 radical (unpaired) electrons. The van der Waals surface area contributed by atoms with E-state index in [1.165, 1.54) is 0 Å². The van der Waals surface area contributed by atoms with Crippen LogP contribution in [0.2, 0.25) is 0 Å². The van der Waals surface area contributed by atoms with Crippen LogP contribution in [0, 0.1) is 0 Å². The SMILES string of the molecule is CCC(C)(C)c1ccccc1OCC(=O)O. The fraction of sp³-hybridized carbons (Fsp3) is 0.462. The molecule has 0 bridgehead atoms. The fourth-order valence-corrected chi connectivity index (χ4v) is 1.48. The Labute approximate surface area is 96.1 Å². The molecule has 88 valence electrons. The molecule has 0 unspecified atom stereocenters. The highest BCUT2D eigenvalue weighted by molar-refractivity contribution is 5.68. The summed E-state index contributed by atoms with van der Waals surface area (Å²) in [6, 6.07) is 7.60. The van der Waals surface area contributed by atoms with E-state index in [2.05, 4.69) is 20.8 Å². The zero-order valence-corrected chi connectivity index (χ0v) is 9.99. The van der Waals surface area contributed by atoms with Crippen molar-refractivity contribution >= 4 is 5.97 Å². The number of carboxylic acids is 1. The van der Waals surface area contributed by atoms with Gasteiger partial charge in [-0.25, -0.2) is 4.79 Å². The molecular formula is C13H18O3. The van der Waals surface area contributed by atoms with Gasteiger partial charge in [-0.1, -0.05) is 39.0 Å². The van der Waals surface area contributed by atoms with E-state index in [1.807, 2.05) is 24.3 Å². The zero-order chi connectivity index (χ0) is 12.2. The molecule has 1 aromatic rings. The largest absolute Gasteiger partial charge is 0.482 e. The van der Waals surface area contributed by atoms with E-state index in [0.29, 0.717) is 5.75 Å². The van der Waals surface area contributed by atoms with Gasteiger partial charge in [0.2, 0.25) is 0 Å². The molecular weight excluding hydrogens is 204 g/mol. The van der Waals surface area contributed by atoms with Crippen LogP contribution in [0.3, 0.4) is 0 Å². The summed E-state index contributed by atoms with van der Waals surface area (Å²) < 4.78 is 5.29. The van der Waals surface area contributed by atoms with Crippen LogP contribution in [0.25, 0.3) is 0 Å². The predicted octanol–water partition coefficient (Wildman–Crippen LogP) is 2.84. The topological polar surface area (TPSA) is 46.5 Å². The van der Waals surface area contributed by atoms with E-state index in [4.69, 9.17) is 9.84 Å². The van der Waals surface area contributed by atoms with Crippen LogP contribution in [0.1, 0.15) is 32.8 Å². The Morgan fingerprint density at radius 3 is 2.56 bits per heavy atom. The predicted molar refractivity (Wildman–Crippen MR) is 62.9 cm³/mol. The smallest absolute Gasteiger partial charge is 0.341 e. The van der Waals surface area contributed by atoms with E-state index in [-0.39, 0.29) is 12.0 Å². The van der Waals surface area contributed by atoms with Crippen molar-refractivity contribution in [1.29, 1.82) is 0 Å². The van der Waals surface area contributed by atoms with Gasteiger partial charge in [-0.15, -0.1) is 0 Å². The van der Waals surface area contributed by atoms with Gasteiger partial charge >= 0.3 is 5.97 Å². The number of ether oxygens (including phenoxy) is 1. The third kappa shape index (κ3) is 2.99. The minimum absolute atomic E-state index is 0.00486. The number of carbonyl (C=O) groups is 1. The number of rotatable bonds is 5. The first kappa shape index (κ1) is 12.6. The van der Waals surface area contributed by atoms with Gasteiger partial charge in [0.05, 0.1) is 0 Å². The lowest BCUT2D eigenvalue weighted by Crippen LogP contribution is -2.18. The minimum atomic E-state index is -0.955. The van der Waals surface area contributed by atoms with Crippen LogP contribution in [0.15, 0.2) is 24.3 Å². The molecule has 0 spiro atoms. The first-order valence-electron chi connectivity index (χ1n) is 5.41. The first-order chi connectivity index (χ1) is 7.47. The maximum absolute atomic E-state index is 10.5. The molecule has 0 fully saturated rings. The summed E-state index contributed by atoms with van der Waals surface area (Å²) in [6.07, 6.45) is 0.973. The van der Waals surface area contributed by atoms with Crippen molar-refractivity contribution in [3.05, 3.63) is 29.8 Å². The van der Waals surface area contributed by atoms with Crippen LogP contribution in [-0.4, -0.2) is 17.7 Å². The van der Waals surface area contributed by atoms with Crippen LogP contribution in [-0.2, 0) is 10.2 Å². The van der Waals surface area contributed by atoms with Gasteiger partial charge in [-0.2, -0.15) is 0 Å². The summed E-state index contributed by atoms with van der Waals surface area (Å²) in [5, 5.41) is 8.60. The zero-order valence-electron chi connectivity index (χ0n) is 9.99. The standard InChI is InChI=1S/C13H18O3/c1-4-13(2,3)10-7-5-6-8-11(10)16-9-12(14)15/h5-8H,4,9H2,1-3H3,(H,14,15). The molecule has 3 heteroatoms. The van der Waals surface area contributed by atoms with Crippen molar-refractivity contribution in [2.75, 3.05) is 6.61 Å². The van der Waals surface area contributed by atoms with Gasteiger partial charge < -0.3 is 9.84 Å². The second-order valence-electron chi connectivity index (χ2n) is 4.42. The molecule has 0 saturated heterocycles. The van der Waals surface area contributed by atoms with Crippen LogP contribution in [0.5, 0.6) is 5.75 Å². The van der Waals surface area contributed by atoms with Crippen molar-refractivity contribution in [2.45, 2.75) is 32.6 Å². The number of benzene rings is 1. The van der Waals surface area contributed by atoms with Gasteiger partial charge in [0.1, 0.15) is 5.75 Å². The summed E-state index contributed by atoms with van der Waals surface area (Å²) >= 11 is 0. The number of hydrogen-bond donors (Lipinski definition) is 1. The molecule has 16 heavy (non-hydrogen) atoms. The normalized spacial score (nSPS) is 11.2. The number of carboxylic acid groups (broad SMARTS) is 1. The van der Waals surface area contributed by atoms with Crippen molar-refractivity contribution in [3.8, 4) is 5.75 Å². The summed E-state index contributed by atoms with van der Waals surface area (Å²) in [5.74, 6) is -0.291. The summed E-state index contributed by atoms with van der Waals surface area (Å²) in [5.41, 5.74) is 1.05. The monoisotopic (exact) mass is 222 g/mol. The van der Waals surface area contributed by atoms with Gasteiger partial charge in [0.25, 0.3) is 0 Å². The highest BCUT2D eigenvalue weighted by Gasteiger charge is 2.22. The molecule has 1 rings (SSSR count). The molecule has 1 N–H and O–H groups in total. The minimum Gasteiger partial charge on any atom is -0.482 e. The molecule has 0 heterocycles. The molecule has 1 aromatic carbocycles. The van der Waals surface area contributed by atoms with E-state index in [0.717, 1.165) is 12.0 Å². The van der Waals surface area contributed by atoms with E-state index < -0.39 is 5.97 Å². The average Bonchev–Trinajstić information content (AvgIpc) is 2.26. The maximum atomic E-state index is 10.5. The van der Waals surface area contributed by atoms with Crippen LogP contribution < -0.4 is 4.74 Å². The summed E-state index contributed by atoms with van der Waals surface area (Å²) in [6.45, 7) is 6.05. The molecule has 0 amide bonds. The molecule has 3 nitrogen and oxygen atoms in total. The Hall–Kier alpha value is -1.51. The van der Waals surface area contributed by atoms with Gasteiger partial charge in [0.15, 0.2) is 6.61 Å². The molecule has 0 aliphatic rings. The van der Waals surface area contributed by atoms with Crippen molar-refractivity contribution < 1.29 is 14.6 Å². The third-order valence-corrected chi connectivity index (χ3v) is 2.85. The second-order valence-corrected chi connectivity index (χ2v) is 4.42. The van der Waals surface area contributed by atoms with Gasteiger partial charge in [-0.05, 0) is 23.5 Å².